The van der Waals surface area contributed by atoms with Crippen molar-refractivity contribution in [1.29, 1.82) is 0 Å². The van der Waals surface area contributed by atoms with Crippen molar-refractivity contribution >= 4 is 45.0 Å². The zero-order valence-electron chi connectivity index (χ0n) is 34.8. The van der Waals surface area contributed by atoms with Gasteiger partial charge in [-0.25, -0.2) is 9.98 Å². The molecule has 0 bridgehead atoms. The molecule has 4 atom stereocenters. The van der Waals surface area contributed by atoms with Gasteiger partial charge in [0.25, 0.3) is 0 Å². The third kappa shape index (κ3) is 6.00. The summed E-state index contributed by atoms with van der Waals surface area (Å²) in [5.41, 5.74) is 17.8. The second-order valence-corrected chi connectivity index (χ2v) is 16.6. The molecule has 2 heterocycles. The predicted octanol–water partition coefficient (Wildman–Crippen LogP) is 15.0. The van der Waals surface area contributed by atoms with Gasteiger partial charge in [-0.3, -0.25) is 0 Å². The summed E-state index contributed by atoms with van der Waals surface area (Å²) in [6, 6.07) is 28.8. The number of hydrogen-bond donors (Lipinski definition) is 0. The largest absolute Gasteiger partial charge is 0.248 e. The summed E-state index contributed by atoms with van der Waals surface area (Å²) in [7, 11) is 0. The quantitative estimate of drug-likeness (QED) is 0.114. The zero-order chi connectivity index (χ0) is 40.9. The Kier molecular flexibility index (Phi) is 9.73. The van der Waals surface area contributed by atoms with E-state index in [1.54, 1.807) is 0 Å². The zero-order valence-corrected chi connectivity index (χ0v) is 34.8. The molecule has 0 radical (unpaired) electrons. The van der Waals surface area contributed by atoms with Crippen molar-refractivity contribution in [3.63, 3.8) is 0 Å². The smallest absolute Gasteiger partial charge is 0.0797 e. The molecule has 0 saturated carbocycles. The van der Waals surface area contributed by atoms with Crippen molar-refractivity contribution in [2.45, 2.75) is 46.0 Å². The van der Waals surface area contributed by atoms with Crippen LogP contribution in [0, 0.1) is 24.7 Å². The topological polar surface area (TPSA) is 25.2 Å². The van der Waals surface area contributed by atoms with Crippen LogP contribution in [0.5, 0.6) is 0 Å². The first-order valence-electron chi connectivity index (χ1n) is 21.7. The second kappa shape index (κ2) is 15.5. The Balaban J connectivity index is 1.29. The number of benzene rings is 4. The first-order chi connectivity index (χ1) is 29.5. The highest BCUT2D eigenvalue weighted by Gasteiger charge is 2.41. The van der Waals surface area contributed by atoms with Crippen LogP contribution in [0.2, 0.25) is 0 Å². The summed E-state index contributed by atoms with van der Waals surface area (Å²) in [6.07, 6.45) is 34.8. The molecule has 2 nitrogen and oxygen atoms in total. The Morgan fingerprint density at radius 2 is 1.52 bits per heavy atom. The highest BCUT2D eigenvalue weighted by atomic mass is 14.8. The van der Waals surface area contributed by atoms with Gasteiger partial charge in [0.05, 0.1) is 22.8 Å². The molecule has 1 aliphatic heterocycles. The number of allylic oxidation sites excluding steroid dienone is 17. The molecule has 1 aromatic heterocycles. The van der Waals surface area contributed by atoms with Crippen LogP contribution in [0.25, 0.3) is 50.5 Å². The van der Waals surface area contributed by atoms with Gasteiger partial charge in [0.15, 0.2) is 0 Å². The van der Waals surface area contributed by atoms with Gasteiger partial charge < -0.3 is 0 Å². The van der Waals surface area contributed by atoms with E-state index in [2.05, 4.69) is 186 Å². The molecule has 0 spiro atoms. The van der Waals surface area contributed by atoms with Gasteiger partial charge in [-0.2, -0.15) is 0 Å². The predicted molar refractivity (Wildman–Crippen MR) is 257 cm³/mol. The van der Waals surface area contributed by atoms with Crippen LogP contribution in [0.1, 0.15) is 72.5 Å². The molecule has 4 aliphatic carbocycles. The third-order valence-corrected chi connectivity index (χ3v) is 13.4. The molecule has 10 rings (SSSR count). The number of aliphatic imine (C=N–C) groups is 1. The van der Waals surface area contributed by atoms with Crippen molar-refractivity contribution in [3.05, 3.63) is 226 Å². The van der Waals surface area contributed by atoms with E-state index >= 15 is 0 Å². The van der Waals surface area contributed by atoms with Gasteiger partial charge in [-0.05, 0) is 123 Å². The molecule has 0 N–H and O–H groups in total. The van der Waals surface area contributed by atoms with Gasteiger partial charge in [0, 0.05) is 34.4 Å². The van der Waals surface area contributed by atoms with Crippen molar-refractivity contribution in [3.8, 4) is 11.3 Å². The van der Waals surface area contributed by atoms with Gasteiger partial charge in [0.2, 0.25) is 0 Å². The van der Waals surface area contributed by atoms with E-state index in [0.717, 1.165) is 53.2 Å². The Bertz CT molecular complexity index is 2910. The summed E-state index contributed by atoms with van der Waals surface area (Å²) >= 11 is 0. The Hall–Kier alpha value is -6.64. The number of nitrogens with zero attached hydrogens (tertiary/aromatic N) is 2. The minimum absolute atomic E-state index is 0.133. The summed E-state index contributed by atoms with van der Waals surface area (Å²) < 4.78 is 0. The molecule has 0 fully saturated rings. The summed E-state index contributed by atoms with van der Waals surface area (Å²) in [4.78, 5) is 11.1. The van der Waals surface area contributed by atoms with Gasteiger partial charge in [0.1, 0.15) is 0 Å². The number of pyridine rings is 1. The van der Waals surface area contributed by atoms with E-state index in [1.807, 2.05) is 12.2 Å². The highest BCUT2D eigenvalue weighted by molar-refractivity contribution is 6.22. The normalized spacial score (nSPS) is 21.8. The molecule has 2 heteroatoms. The van der Waals surface area contributed by atoms with E-state index in [0.29, 0.717) is 5.92 Å². The van der Waals surface area contributed by atoms with E-state index in [1.165, 1.54) is 71.7 Å². The number of fused-ring (bicyclic) bond motifs is 8. The lowest BCUT2D eigenvalue weighted by molar-refractivity contribution is 0.462. The summed E-state index contributed by atoms with van der Waals surface area (Å²) in [6.45, 7) is 15.2. The van der Waals surface area contributed by atoms with E-state index in [4.69, 9.17) is 9.98 Å². The molecule has 5 aromatic rings. The lowest BCUT2D eigenvalue weighted by Crippen LogP contribution is -2.32. The fourth-order valence-electron chi connectivity index (χ4n) is 10.7. The first-order valence-corrected chi connectivity index (χ1v) is 21.7. The number of hydrogen-bond acceptors (Lipinski definition) is 2. The summed E-state index contributed by atoms with van der Waals surface area (Å²) in [5.74, 6) is 0.971. The third-order valence-electron chi connectivity index (χ3n) is 13.4. The van der Waals surface area contributed by atoms with Crippen LogP contribution in [0.3, 0.4) is 0 Å². The molecule has 4 unspecified atom stereocenters. The van der Waals surface area contributed by atoms with Crippen LogP contribution in [-0.2, 0) is 0 Å². The minimum atomic E-state index is 0.133. The molecular weight excluding hydrogens is 725 g/mol. The summed E-state index contributed by atoms with van der Waals surface area (Å²) in [5, 5.41) is 4.89. The lowest BCUT2D eigenvalue weighted by Gasteiger charge is -2.41. The molecule has 0 amide bonds. The van der Waals surface area contributed by atoms with E-state index in [-0.39, 0.29) is 17.8 Å². The van der Waals surface area contributed by atoms with Crippen molar-refractivity contribution in [1.82, 2.24) is 4.98 Å². The van der Waals surface area contributed by atoms with Crippen LogP contribution < -0.4 is 0 Å². The van der Waals surface area contributed by atoms with E-state index in [9.17, 15) is 0 Å². The fraction of sp³-hybridized carbons (Fsp3) is 0.172. The maximum absolute atomic E-state index is 5.72. The van der Waals surface area contributed by atoms with Gasteiger partial charge >= 0.3 is 0 Å². The number of aromatic nitrogens is 1. The monoisotopic (exact) mass is 774 g/mol. The minimum Gasteiger partial charge on any atom is -0.248 e. The molecular formula is C58H50N2. The molecule has 0 saturated heterocycles. The van der Waals surface area contributed by atoms with Crippen molar-refractivity contribution in [2.75, 3.05) is 0 Å². The van der Waals surface area contributed by atoms with Crippen molar-refractivity contribution < 1.29 is 0 Å². The van der Waals surface area contributed by atoms with E-state index < -0.39 is 0 Å². The Morgan fingerprint density at radius 1 is 0.817 bits per heavy atom. The molecule has 5 aliphatic rings. The van der Waals surface area contributed by atoms with Crippen molar-refractivity contribution in [2.24, 2.45) is 22.7 Å². The second-order valence-electron chi connectivity index (χ2n) is 16.6. The first kappa shape index (κ1) is 37.6. The van der Waals surface area contributed by atoms with Crippen LogP contribution in [-0.4, -0.2) is 10.7 Å². The average molecular weight is 775 g/mol. The van der Waals surface area contributed by atoms with Gasteiger partial charge in [-0.15, -0.1) is 0 Å². The highest BCUT2D eigenvalue weighted by Crippen LogP contribution is 2.54. The fourth-order valence-corrected chi connectivity index (χ4v) is 10.7. The van der Waals surface area contributed by atoms with Gasteiger partial charge in [-0.1, -0.05) is 166 Å². The Morgan fingerprint density at radius 3 is 2.20 bits per heavy atom. The average Bonchev–Trinajstić information content (AvgIpc) is 3.30. The van der Waals surface area contributed by atoms with Crippen LogP contribution >= 0.6 is 0 Å². The number of rotatable bonds is 8. The molecule has 60 heavy (non-hydrogen) atoms. The SMILES string of the molecule is C=CC1=C(C=C)C2C(=CC(c3c4ccccc4c(-c4nc(/C=C(/C=C\C)CC)c(C)c5c4C=CC4C=CC=CC54)c4ccccc34)=C3C=CCCC32)C(c2ccccc2)=N1. The van der Waals surface area contributed by atoms with Crippen LogP contribution in [0.4, 0.5) is 0 Å². The molecule has 4 aromatic carbocycles. The van der Waals surface area contributed by atoms with Crippen LogP contribution in [0.15, 0.2) is 198 Å². The Labute approximate surface area is 354 Å². The lowest BCUT2D eigenvalue weighted by atomic mass is 9.64. The maximum atomic E-state index is 5.72. The molecule has 292 valence electrons. The standard InChI is InChI=1S/C58H50N2/c1-6-21-37(7-2)34-52-36(5)53-41-25-14-13-22-38(41)32-33-48(53)58(60-52)56-46-30-19-17-28-44(46)55(45-29-18-20-31-47(45)56)49-35-50-54(43-27-16-15-26-42(43)49)40(8-3)51(9-4)59-57(50)39-23-11-10-12-24-39/h6,8-15,17-26,28-35,38,41,43,54H,3-4,7,16,27H2,1-2,5H3/b21-6-,37-34+. The maximum Gasteiger partial charge on any atom is 0.0797 e.